The fourth-order valence-corrected chi connectivity index (χ4v) is 4.48. The van der Waals surface area contributed by atoms with Gasteiger partial charge in [0.1, 0.15) is 0 Å². The van der Waals surface area contributed by atoms with Gasteiger partial charge in [0.15, 0.2) is 5.78 Å². The Morgan fingerprint density at radius 3 is 1.90 bits per heavy atom. The molecule has 7 nitrogen and oxygen atoms in total. The zero-order chi connectivity index (χ0) is 32.1. The minimum absolute atomic E-state index is 0.00156. The number of hydrogen-bond acceptors (Lipinski definition) is 6. The van der Waals surface area contributed by atoms with Gasteiger partial charge in [0.25, 0.3) is 0 Å². The number of carbonyl (C=O) groups excluding carboxylic acids is 1. The van der Waals surface area contributed by atoms with Gasteiger partial charge in [0.2, 0.25) is 0 Å². The SMILES string of the molecule is CCCCC(CCC(O)CCC(C)C(O)CC=C(C)C=CC(O)C(C)C=CC(=O)O)C(O)CC=C(C)C=CC(=O)CC. The van der Waals surface area contributed by atoms with Crippen molar-refractivity contribution >= 4 is 11.8 Å². The Labute approximate surface area is 254 Å². The van der Waals surface area contributed by atoms with E-state index in [2.05, 4.69) is 6.92 Å². The molecule has 0 aromatic heterocycles. The minimum Gasteiger partial charge on any atom is -0.478 e. The second-order valence-corrected chi connectivity index (χ2v) is 11.7. The summed E-state index contributed by atoms with van der Waals surface area (Å²) in [6.45, 7) is 11.5. The van der Waals surface area contributed by atoms with E-state index in [0.29, 0.717) is 38.5 Å². The van der Waals surface area contributed by atoms with Gasteiger partial charge in [-0.1, -0.05) is 88.1 Å². The van der Waals surface area contributed by atoms with Crippen molar-refractivity contribution in [2.24, 2.45) is 17.8 Å². The van der Waals surface area contributed by atoms with E-state index < -0.39 is 30.4 Å². The van der Waals surface area contributed by atoms with Crippen LogP contribution in [0.25, 0.3) is 0 Å². The van der Waals surface area contributed by atoms with Crippen molar-refractivity contribution in [3.8, 4) is 0 Å². The fourth-order valence-electron chi connectivity index (χ4n) is 4.48. The van der Waals surface area contributed by atoms with E-state index in [1.54, 1.807) is 31.2 Å². The summed E-state index contributed by atoms with van der Waals surface area (Å²) in [6.07, 6.45) is 17.8. The van der Waals surface area contributed by atoms with E-state index in [1.807, 2.05) is 39.8 Å². The Bertz CT molecular complexity index is 914. The van der Waals surface area contributed by atoms with Crippen LogP contribution < -0.4 is 0 Å². The molecule has 0 radical (unpaired) electrons. The summed E-state index contributed by atoms with van der Waals surface area (Å²) >= 11 is 0. The van der Waals surface area contributed by atoms with Crippen molar-refractivity contribution in [2.45, 2.75) is 130 Å². The van der Waals surface area contributed by atoms with Crippen LogP contribution in [-0.2, 0) is 9.59 Å². The molecule has 0 aromatic carbocycles. The van der Waals surface area contributed by atoms with E-state index in [-0.39, 0.29) is 23.5 Å². The molecule has 240 valence electrons. The molecule has 42 heavy (non-hydrogen) atoms. The summed E-state index contributed by atoms with van der Waals surface area (Å²) in [5.41, 5.74) is 1.85. The molecule has 0 aliphatic rings. The molecule has 0 bridgehead atoms. The second-order valence-electron chi connectivity index (χ2n) is 11.7. The predicted molar refractivity (Wildman–Crippen MR) is 171 cm³/mol. The van der Waals surface area contributed by atoms with Crippen molar-refractivity contribution in [1.29, 1.82) is 0 Å². The molecule has 0 saturated carbocycles. The van der Waals surface area contributed by atoms with Crippen molar-refractivity contribution in [2.75, 3.05) is 0 Å². The molecule has 7 heteroatoms. The molecule has 0 aliphatic heterocycles. The van der Waals surface area contributed by atoms with E-state index in [0.717, 1.165) is 42.9 Å². The molecule has 7 atom stereocenters. The Hall–Kier alpha value is -2.32. The average Bonchev–Trinajstić information content (AvgIpc) is 2.97. The van der Waals surface area contributed by atoms with Crippen LogP contribution in [0.5, 0.6) is 0 Å². The van der Waals surface area contributed by atoms with Gasteiger partial charge in [-0.25, -0.2) is 4.79 Å². The molecule has 0 saturated heterocycles. The van der Waals surface area contributed by atoms with Gasteiger partial charge >= 0.3 is 5.97 Å². The number of carboxylic acids is 1. The standard InChI is InChI=1S/C35H58O7/c1-7-9-10-29(34(40)23-14-25(3)11-18-30(36)8-2)17-20-31(37)19-15-27(5)32(38)21-12-26(4)13-22-33(39)28(6)16-24-35(41)42/h11-14,16,18,22,24,27-29,31-34,37-40H,7-10,15,17,19-21,23H2,1-6H3,(H,41,42). The molecule has 5 N–H and O–H groups in total. The maximum Gasteiger partial charge on any atom is 0.327 e. The second kappa shape index (κ2) is 23.2. The minimum atomic E-state index is -1.05. The van der Waals surface area contributed by atoms with Gasteiger partial charge in [-0.2, -0.15) is 0 Å². The number of allylic oxidation sites excluding steroid dienone is 5. The molecule has 0 amide bonds. The summed E-state index contributed by atoms with van der Waals surface area (Å²) in [5, 5.41) is 51.0. The maximum atomic E-state index is 11.5. The lowest BCUT2D eigenvalue weighted by Crippen LogP contribution is -2.23. The van der Waals surface area contributed by atoms with Gasteiger partial charge in [-0.05, 0) is 76.7 Å². The van der Waals surface area contributed by atoms with Crippen molar-refractivity contribution in [3.63, 3.8) is 0 Å². The first-order valence-electron chi connectivity index (χ1n) is 15.7. The van der Waals surface area contributed by atoms with E-state index in [9.17, 15) is 30.0 Å². The number of carbonyl (C=O) groups is 2. The van der Waals surface area contributed by atoms with E-state index in [1.165, 1.54) is 6.08 Å². The Morgan fingerprint density at radius 2 is 1.31 bits per heavy atom. The lowest BCUT2D eigenvalue weighted by Gasteiger charge is -2.24. The highest BCUT2D eigenvalue weighted by Crippen LogP contribution is 2.25. The van der Waals surface area contributed by atoms with E-state index in [4.69, 9.17) is 5.11 Å². The smallest absolute Gasteiger partial charge is 0.327 e. The number of aliphatic carboxylic acids is 1. The largest absolute Gasteiger partial charge is 0.478 e. The zero-order valence-corrected chi connectivity index (χ0v) is 26.8. The number of aliphatic hydroxyl groups is 4. The number of carboxylic acid groups (broad SMARTS) is 1. The molecule has 0 spiro atoms. The highest BCUT2D eigenvalue weighted by molar-refractivity contribution is 5.89. The monoisotopic (exact) mass is 590 g/mol. The Kier molecular flexibility index (Phi) is 21.9. The van der Waals surface area contributed by atoms with Crippen LogP contribution in [0.4, 0.5) is 0 Å². The Morgan fingerprint density at radius 1 is 0.714 bits per heavy atom. The van der Waals surface area contributed by atoms with Crippen LogP contribution in [-0.4, -0.2) is 61.7 Å². The third kappa shape index (κ3) is 19.7. The van der Waals surface area contributed by atoms with Crippen LogP contribution >= 0.6 is 0 Å². The molecular weight excluding hydrogens is 532 g/mol. The fraction of sp³-hybridized carbons (Fsp3) is 0.657. The lowest BCUT2D eigenvalue weighted by molar-refractivity contribution is -0.131. The summed E-state index contributed by atoms with van der Waals surface area (Å²) in [5.74, 6) is -1.20. The maximum absolute atomic E-state index is 11.5. The Balaban J connectivity index is 4.73. The van der Waals surface area contributed by atoms with Crippen molar-refractivity contribution in [3.05, 3.63) is 59.8 Å². The third-order valence-electron chi connectivity index (χ3n) is 7.84. The number of aliphatic hydroxyl groups excluding tert-OH is 4. The summed E-state index contributed by atoms with van der Waals surface area (Å²) in [4.78, 5) is 22.1. The number of hydrogen-bond donors (Lipinski definition) is 5. The zero-order valence-electron chi connectivity index (χ0n) is 26.8. The number of ketones is 1. The topological polar surface area (TPSA) is 135 Å². The summed E-state index contributed by atoms with van der Waals surface area (Å²) in [6, 6.07) is 0. The summed E-state index contributed by atoms with van der Waals surface area (Å²) < 4.78 is 0. The van der Waals surface area contributed by atoms with Gasteiger partial charge in [-0.3, -0.25) is 4.79 Å². The van der Waals surface area contributed by atoms with Gasteiger partial charge in [-0.15, -0.1) is 0 Å². The molecule has 0 aromatic rings. The first-order valence-corrected chi connectivity index (χ1v) is 15.7. The van der Waals surface area contributed by atoms with Gasteiger partial charge in [0.05, 0.1) is 24.4 Å². The number of rotatable bonds is 23. The van der Waals surface area contributed by atoms with E-state index >= 15 is 0 Å². The predicted octanol–water partition coefficient (Wildman–Crippen LogP) is 6.47. The molecule has 0 heterocycles. The van der Waals surface area contributed by atoms with Crippen LogP contribution in [0.15, 0.2) is 59.8 Å². The van der Waals surface area contributed by atoms with Crippen molar-refractivity contribution < 1.29 is 35.1 Å². The highest BCUT2D eigenvalue weighted by Gasteiger charge is 2.21. The van der Waals surface area contributed by atoms with Crippen LogP contribution in [0, 0.1) is 17.8 Å². The first kappa shape index (κ1) is 39.7. The average molecular weight is 591 g/mol. The first-order chi connectivity index (χ1) is 19.8. The van der Waals surface area contributed by atoms with Crippen LogP contribution in [0.3, 0.4) is 0 Å². The molecule has 0 rings (SSSR count). The van der Waals surface area contributed by atoms with Gasteiger partial charge in [0, 0.05) is 18.4 Å². The quantitative estimate of drug-likeness (QED) is 0.0679. The number of unbranched alkanes of at least 4 members (excludes halogenated alkanes) is 1. The molecule has 0 fully saturated rings. The van der Waals surface area contributed by atoms with Gasteiger partial charge < -0.3 is 25.5 Å². The molecular formula is C35H58O7. The normalized spacial score (nSPS) is 18.3. The molecule has 0 aliphatic carbocycles. The molecule has 7 unspecified atom stereocenters. The lowest BCUT2D eigenvalue weighted by atomic mass is 9.87. The van der Waals surface area contributed by atoms with Crippen LogP contribution in [0.2, 0.25) is 0 Å². The highest BCUT2D eigenvalue weighted by atomic mass is 16.4. The van der Waals surface area contributed by atoms with Crippen LogP contribution in [0.1, 0.15) is 106 Å². The third-order valence-corrected chi connectivity index (χ3v) is 7.84. The summed E-state index contributed by atoms with van der Waals surface area (Å²) in [7, 11) is 0. The van der Waals surface area contributed by atoms with Crippen molar-refractivity contribution in [1.82, 2.24) is 0 Å².